The van der Waals surface area contributed by atoms with Gasteiger partial charge in [0.25, 0.3) is 0 Å². The van der Waals surface area contributed by atoms with Crippen molar-refractivity contribution in [3.05, 3.63) is 0 Å². The Hall–Kier alpha value is -0.570. The highest BCUT2D eigenvalue weighted by Gasteiger charge is 2.48. The van der Waals surface area contributed by atoms with Crippen molar-refractivity contribution in [2.24, 2.45) is 17.6 Å². The van der Waals surface area contributed by atoms with Crippen LogP contribution in [0.4, 0.5) is 0 Å². The van der Waals surface area contributed by atoms with Crippen LogP contribution in [-0.2, 0) is 9.53 Å². The van der Waals surface area contributed by atoms with Crippen LogP contribution in [0.25, 0.3) is 0 Å². The number of hydrogen-bond acceptors (Lipinski definition) is 3. The fourth-order valence-electron chi connectivity index (χ4n) is 2.38. The third-order valence-electron chi connectivity index (χ3n) is 3.25. The van der Waals surface area contributed by atoms with Gasteiger partial charge in [-0.15, -0.1) is 0 Å². The van der Waals surface area contributed by atoms with Crippen molar-refractivity contribution in [3.63, 3.8) is 0 Å². The predicted octanol–water partition coefficient (Wildman–Crippen LogP) is 0.675. The number of carbonyl (C=O) groups is 1. The van der Waals surface area contributed by atoms with Gasteiger partial charge in [0.2, 0.25) is 0 Å². The summed E-state index contributed by atoms with van der Waals surface area (Å²) in [4.78, 5) is 11.1. The maximum atomic E-state index is 11.1. The van der Waals surface area contributed by atoms with Crippen LogP contribution in [-0.4, -0.2) is 18.1 Å². The maximum Gasteiger partial charge on any atom is 0.306 e. The molecule has 0 aromatic carbocycles. The number of nitrogens with two attached hydrogens (primary N) is 1. The van der Waals surface area contributed by atoms with Crippen LogP contribution >= 0.6 is 0 Å². The molecule has 2 bridgehead atoms. The van der Waals surface area contributed by atoms with Gasteiger partial charge in [-0.2, -0.15) is 0 Å². The Morgan fingerprint density at radius 3 is 3.00 bits per heavy atom. The molecule has 4 unspecified atom stereocenters. The minimum Gasteiger partial charge on any atom is -0.460 e. The van der Waals surface area contributed by atoms with Gasteiger partial charge < -0.3 is 10.5 Å². The molecule has 2 saturated heterocycles. The minimum absolute atomic E-state index is 0.00259. The lowest BCUT2D eigenvalue weighted by Crippen LogP contribution is -2.61. The normalized spacial score (nSPS) is 47.0. The molecule has 1 aliphatic carbocycles. The van der Waals surface area contributed by atoms with Crippen molar-refractivity contribution in [3.8, 4) is 0 Å². The predicted molar refractivity (Wildman–Crippen MR) is 44.4 cm³/mol. The summed E-state index contributed by atoms with van der Waals surface area (Å²) < 4.78 is 5.22. The highest BCUT2D eigenvalue weighted by atomic mass is 16.5. The van der Waals surface area contributed by atoms with Crippen LogP contribution in [0.2, 0.25) is 0 Å². The molecule has 3 aliphatic rings. The second-order valence-corrected chi connectivity index (χ2v) is 3.95. The van der Waals surface area contributed by atoms with E-state index < -0.39 is 0 Å². The zero-order valence-corrected chi connectivity index (χ0v) is 7.32. The molecule has 3 nitrogen and oxygen atoms in total. The Morgan fingerprint density at radius 1 is 1.58 bits per heavy atom. The number of fused-ring (bicyclic) bond motifs is 4. The summed E-state index contributed by atoms with van der Waals surface area (Å²) in [6.45, 7) is 2.12. The van der Waals surface area contributed by atoms with E-state index >= 15 is 0 Å². The largest absolute Gasteiger partial charge is 0.460 e. The molecule has 3 heteroatoms. The van der Waals surface area contributed by atoms with Crippen molar-refractivity contribution >= 4 is 5.97 Å². The monoisotopic (exact) mass is 169 g/mol. The first kappa shape index (κ1) is 8.05. The Balaban J connectivity index is 2.07. The van der Waals surface area contributed by atoms with Crippen LogP contribution in [0.1, 0.15) is 26.2 Å². The Kier molecular flexibility index (Phi) is 1.83. The molecule has 68 valence electrons. The second kappa shape index (κ2) is 2.73. The molecule has 1 saturated carbocycles. The van der Waals surface area contributed by atoms with E-state index in [0.29, 0.717) is 18.3 Å². The quantitative estimate of drug-likeness (QED) is 0.542. The van der Waals surface area contributed by atoms with E-state index in [-0.39, 0.29) is 18.1 Å². The summed E-state index contributed by atoms with van der Waals surface area (Å²) in [5, 5.41) is 0. The lowest BCUT2D eigenvalue weighted by Gasteiger charge is -2.49. The van der Waals surface area contributed by atoms with Gasteiger partial charge in [-0.25, -0.2) is 0 Å². The topological polar surface area (TPSA) is 52.3 Å². The lowest BCUT2D eigenvalue weighted by molar-refractivity contribution is -0.170. The minimum atomic E-state index is -0.0690. The molecule has 0 aromatic rings. The van der Waals surface area contributed by atoms with Gasteiger partial charge in [0.1, 0.15) is 6.10 Å². The number of ether oxygens (including phenoxy) is 1. The average Bonchev–Trinajstić information content (AvgIpc) is 2.04. The summed E-state index contributed by atoms with van der Waals surface area (Å²) in [5.41, 5.74) is 5.87. The van der Waals surface area contributed by atoms with Crippen molar-refractivity contribution in [2.45, 2.75) is 38.3 Å². The first-order valence-electron chi connectivity index (χ1n) is 4.65. The summed E-state index contributed by atoms with van der Waals surface area (Å²) in [6.07, 6.45) is 2.61. The second-order valence-electron chi connectivity index (χ2n) is 3.95. The standard InChI is InChI=1S/C9H15NO2/c1-5-6-3-2-4-7(11)12-9(5)8(6)10/h5-6,8-9H,2-4,10H2,1H3. The van der Waals surface area contributed by atoms with Crippen molar-refractivity contribution in [1.82, 2.24) is 0 Å². The Bertz CT molecular complexity index is 195. The summed E-state index contributed by atoms with van der Waals surface area (Å²) in [7, 11) is 0. The number of rotatable bonds is 0. The van der Waals surface area contributed by atoms with E-state index in [1.54, 1.807) is 0 Å². The molecular formula is C9H15NO2. The fraction of sp³-hybridized carbons (Fsp3) is 0.889. The summed E-state index contributed by atoms with van der Waals surface area (Å²) >= 11 is 0. The van der Waals surface area contributed by atoms with E-state index in [1.165, 1.54) is 0 Å². The summed E-state index contributed by atoms with van der Waals surface area (Å²) in [5.74, 6) is 0.993. The van der Waals surface area contributed by atoms with Crippen molar-refractivity contribution in [2.75, 3.05) is 0 Å². The van der Waals surface area contributed by atoms with Gasteiger partial charge in [0.05, 0.1) is 0 Å². The molecule has 2 aliphatic heterocycles. The van der Waals surface area contributed by atoms with Crippen LogP contribution in [0.15, 0.2) is 0 Å². The molecule has 12 heavy (non-hydrogen) atoms. The van der Waals surface area contributed by atoms with Crippen molar-refractivity contribution in [1.29, 1.82) is 0 Å². The van der Waals surface area contributed by atoms with E-state index in [2.05, 4.69) is 6.92 Å². The first-order valence-corrected chi connectivity index (χ1v) is 4.65. The van der Waals surface area contributed by atoms with Crippen molar-refractivity contribution < 1.29 is 9.53 Å². The van der Waals surface area contributed by atoms with Crippen LogP contribution in [0.5, 0.6) is 0 Å². The van der Waals surface area contributed by atoms with Gasteiger partial charge >= 0.3 is 5.97 Å². The number of esters is 1. The van der Waals surface area contributed by atoms with Crippen LogP contribution in [0, 0.1) is 11.8 Å². The van der Waals surface area contributed by atoms with E-state index in [1.807, 2.05) is 0 Å². The van der Waals surface area contributed by atoms with E-state index in [4.69, 9.17) is 10.5 Å². The zero-order valence-electron chi connectivity index (χ0n) is 7.32. The molecule has 0 radical (unpaired) electrons. The van der Waals surface area contributed by atoms with Gasteiger partial charge in [-0.3, -0.25) is 4.79 Å². The van der Waals surface area contributed by atoms with E-state index in [0.717, 1.165) is 12.8 Å². The van der Waals surface area contributed by atoms with Gasteiger partial charge in [-0.05, 0) is 24.7 Å². The third-order valence-corrected chi connectivity index (χ3v) is 3.25. The summed E-state index contributed by atoms with van der Waals surface area (Å²) in [6, 6.07) is 0.101. The highest BCUT2D eigenvalue weighted by molar-refractivity contribution is 5.70. The molecule has 0 aromatic heterocycles. The smallest absolute Gasteiger partial charge is 0.306 e. The molecule has 4 atom stereocenters. The lowest BCUT2D eigenvalue weighted by atomic mass is 9.65. The van der Waals surface area contributed by atoms with Gasteiger partial charge in [0, 0.05) is 12.5 Å². The van der Waals surface area contributed by atoms with Crippen LogP contribution in [0.3, 0.4) is 0 Å². The Labute approximate surface area is 72.3 Å². The van der Waals surface area contributed by atoms with Gasteiger partial charge in [0.15, 0.2) is 0 Å². The first-order chi connectivity index (χ1) is 5.70. The van der Waals surface area contributed by atoms with Crippen LogP contribution < -0.4 is 5.73 Å². The Morgan fingerprint density at radius 2 is 2.33 bits per heavy atom. The molecule has 2 N–H and O–H groups in total. The average molecular weight is 169 g/mol. The van der Waals surface area contributed by atoms with Gasteiger partial charge in [-0.1, -0.05) is 6.92 Å². The molecule has 0 spiro atoms. The van der Waals surface area contributed by atoms with E-state index in [9.17, 15) is 4.79 Å². The SMILES string of the molecule is CC1C2CCCC(=O)OC1C2N. The molecular weight excluding hydrogens is 154 g/mol. The highest BCUT2D eigenvalue weighted by Crippen LogP contribution is 2.40. The molecule has 3 fully saturated rings. The number of carbonyl (C=O) groups excluding carboxylic acids is 1. The third kappa shape index (κ3) is 1.04. The molecule has 3 rings (SSSR count). The maximum absolute atomic E-state index is 11.1. The molecule has 0 amide bonds. The number of hydrogen-bond donors (Lipinski definition) is 1. The molecule has 2 heterocycles. The zero-order chi connectivity index (χ0) is 8.72. The fourth-order valence-corrected chi connectivity index (χ4v) is 2.38.